The molecule has 1 aromatic rings. The third-order valence-electron chi connectivity index (χ3n) is 2.08. The van der Waals surface area contributed by atoms with E-state index in [1.165, 1.54) is 12.8 Å². The second kappa shape index (κ2) is 4.99. The van der Waals surface area contributed by atoms with E-state index in [2.05, 4.69) is 12.2 Å². The predicted octanol–water partition coefficient (Wildman–Crippen LogP) is 2.73. The average Bonchev–Trinajstić information content (AvgIpc) is 2.59. The maximum Gasteiger partial charge on any atom is 0.120 e. The fraction of sp³-hybridized carbons (Fsp3) is 0.600. The maximum atomic E-state index is 5.32. The second-order valence-corrected chi connectivity index (χ2v) is 3.00. The monoisotopic (exact) mass is 167 g/mol. The molecule has 0 saturated heterocycles. The minimum Gasteiger partial charge on any atom is -0.468 e. The highest BCUT2D eigenvalue weighted by Gasteiger charge is 2.09. The van der Waals surface area contributed by atoms with Crippen molar-refractivity contribution in [3.05, 3.63) is 24.2 Å². The Hall–Kier alpha value is -0.760. The minimum atomic E-state index is 0.389. The normalized spacial score (nSPS) is 13.2. The SMILES string of the molecule is CCCCC(NC)c1ccco1. The van der Waals surface area contributed by atoms with E-state index in [0.29, 0.717) is 6.04 Å². The summed E-state index contributed by atoms with van der Waals surface area (Å²) in [5.41, 5.74) is 0. The van der Waals surface area contributed by atoms with Gasteiger partial charge in [0.1, 0.15) is 5.76 Å². The first kappa shape index (κ1) is 9.33. The molecule has 1 atom stereocenters. The summed E-state index contributed by atoms with van der Waals surface area (Å²) in [4.78, 5) is 0. The summed E-state index contributed by atoms with van der Waals surface area (Å²) in [6.07, 6.45) is 5.36. The van der Waals surface area contributed by atoms with E-state index in [0.717, 1.165) is 12.2 Å². The van der Waals surface area contributed by atoms with Gasteiger partial charge in [0, 0.05) is 0 Å². The van der Waals surface area contributed by atoms with Crippen molar-refractivity contribution in [3.8, 4) is 0 Å². The number of hydrogen-bond donors (Lipinski definition) is 1. The molecule has 0 aliphatic carbocycles. The molecular formula is C10H17NO. The molecule has 0 aromatic carbocycles. The molecule has 1 aromatic heterocycles. The van der Waals surface area contributed by atoms with Gasteiger partial charge < -0.3 is 9.73 Å². The topological polar surface area (TPSA) is 25.2 Å². The molecule has 1 heterocycles. The number of rotatable bonds is 5. The molecule has 0 spiro atoms. The van der Waals surface area contributed by atoms with Crippen LogP contribution in [0.1, 0.15) is 38.0 Å². The Bertz CT molecular complexity index is 194. The van der Waals surface area contributed by atoms with Gasteiger partial charge >= 0.3 is 0 Å². The molecule has 0 aliphatic heterocycles. The van der Waals surface area contributed by atoms with Crippen LogP contribution in [0.25, 0.3) is 0 Å². The standard InChI is InChI=1S/C10H17NO/c1-3-4-6-9(11-2)10-7-5-8-12-10/h5,7-9,11H,3-4,6H2,1-2H3. The Morgan fingerprint density at radius 1 is 1.58 bits per heavy atom. The lowest BCUT2D eigenvalue weighted by Gasteiger charge is -2.12. The van der Waals surface area contributed by atoms with Crippen LogP contribution in [0, 0.1) is 0 Å². The van der Waals surface area contributed by atoms with E-state index >= 15 is 0 Å². The van der Waals surface area contributed by atoms with E-state index in [4.69, 9.17) is 4.42 Å². The highest BCUT2D eigenvalue weighted by molar-refractivity contribution is 5.03. The molecule has 1 rings (SSSR count). The minimum absolute atomic E-state index is 0.389. The predicted molar refractivity (Wildman–Crippen MR) is 50.0 cm³/mol. The van der Waals surface area contributed by atoms with Gasteiger partial charge in [-0.05, 0) is 25.6 Å². The zero-order valence-corrected chi connectivity index (χ0v) is 7.84. The Kier molecular flexibility index (Phi) is 3.88. The number of unbranched alkanes of at least 4 members (excludes halogenated alkanes) is 1. The maximum absolute atomic E-state index is 5.32. The summed E-state index contributed by atoms with van der Waals surface area (Å²) >= 11 is 0. The summed E-state index contributed by atoms with van der Waals surface area (Å²) in [6.45, 7) is 2.20. The lowest BCUT2D eigenvalue weighted by atomic mass is 10.1. The molecule has 0 saturated carbocycles. The van der Waals surface area contributed by atoms with E-state index in [1.807, 2.05) is 19.2 Å². The Balaban J connectivity index is 2.45. The summed E-state index contributed by atoms with van der Waals surface area (Å²) in [7, 11) is 1.98. The zero-order valence-electron chi connectivity index (χ0n) is 7.84. The van der Waals surface area contributed by atoms with Crippen LogP contribution in [0.15, 0.2) is 22.8 Å². The van der Waals surface area contributed by atoms with Crippen LogP contribution in [0.5, 0.6) is 0 Å². The molecule has 0 bridgehead atoms. The van der Waals surface area contributed by atoms with Gasteiger partial charge in [-0.25, -0.2) is 0 Å². The van der Waals surface area contributed by atoms with Gasteiger partial charge in [-0.2, -0.15) is 0 Å². The Morgan fingerprint density at radius 3 is 2.92 bits per heavy atom. The lowest BCUT2D eigenvalue weighted by Crippen LogP contribution is -2.15. The third-order valence-corrected chi connectivity index (χ3v) is 2.08. The highest BCUT2D eigenvalue weighted by Crippen LogP contribution is 2.18. The summed E-state index contributed by atoms with van der Waals surface area (Å²) < 4.78 is 5.32. The van der Waals surface area contributed by atoms with E-state index in [-0.39, 0.29) is 0 Å². The van der Waals surface area contributed by atoms with Crippen LogP contribution in [0.3, 0.4) is 0 Å². The van der Waals surface area contributed by atoms with Crippen molar-refractivity contribution in [2.75, 3.05) is 7.05 Å². The average molecular weight is 167 g/mol. The van der Waals surface area contributed by atoms with Gasteiger partial charge in [-0.3, -0.25) is 0 Å². The van der Waals surface area contributed by atoms with Crippen molar-refractivity contribution in [2.45, 2.75) is 32.2 Å². The molecule has 0 aliphatic rings. The molecule has 0 amide bonds. The molecular weight excluding hydrogens is 150 g/mol. The van der Waals surface area contributed by atoms with E-state index in [9.17, 15) is 0 Å². The first-order valence-electron chi connectivity index (χ1n) is 4.59. The van der Waals surface area contributed by atoms with E-state index in [1.54, 1.807) is 6.26 Å². The molecule has 1 unspecified atom stereocenters. The quantitative estimate of drug-likeness (QED) is 0.729. The second-order valence-electron chi connectivity index (χ2n) is 3.00. The van der Waals surface area contributed by atoms with Gasteiger partial charge in [0.05, 0.1) is 12.3 Å². The van der Waals surface area contributed by atoms with Gasteiger partial charge in [-0.15, -0.1) is 0 Å². The van der Waals surface area contributed by atoms with Crippen molar-refractivity contribution in [3.63, 3.8) is 0 Å². The zero-order chi connectivity index (χ0) is 8.81. The summed E-state index contributed by atoms with van der Waals surface area (Å²) in [5.74, 6) is 1.05. The molecule has 2 heteroatoms. The van der Waals surface area contributed by atoms with Gasteiger partial charge in [-0.1, -0.05) is 19.8 Å². The molecule has 2 nitrogen and oxygen atoms in total. The molecule has 0 radical (unpaired) electrons. The largest absolute Gasteiger partial charge is 0.468 e. The molecule has 12 heavy (non-hydrogen) atoms. The Labute approximate surface area is 74.0 Å². The van der Waals surface area contributed by atoms with Gasteiger partial charge in [0.15, 0.2) is 0 Å². The van der Waals surface area contributed by atoms with Gasteiger partial charge in [0.2, 0.25) is 0 Å². The van der Waals surface area contributed by atoms with Crippen LogP contribution in [-0.2, 0) is 0 Å². The first-order chi connectivity index (χ1) is 5.88. The van der Waals surface area contributed by atoms with Crippen LogP contribution < -0.4 is 5.32 Å². The number of hydrogen-bond acceptors (Lipinski definition) is 2. The molecule has 1 N–H and O–H groups in total. The van der Waals surface area contributed by atoms with Crippen molar-refractivity contribution in [1.82, 2.24) is 5.32 Å². The summed E-state index contributed by atoms with van der Waals surface area (Å²) in [6, 6.07) is 4.35. The fourth-order valence-corrected chi connectivity index (χ4v) is 1.33. The van der Waals surface area contributed by atoms with Crippen LogP contribution in [-0.4, -0.2) is 7.05 Å². The smallest absolute Gasteiger partial charge is 0.120 e. The van der Waals surface area contributed by atoms with E-state index < -0.39 is 0 Å². The first-order valence-corrected chi connectivity index (χ1v) is 4.59. The van der Waals surface area contributed by atoms with Crippen molar-refractivity contribution in [1.29, 1.82) is 0 Å². The lowest BCUT2D eigenvalue weighted by molar-refractivity contribution is 0.406. The van der Waals surface area contributed by atoms with Crippen LogP contribution >= 0.6 is 0 Å². The van der Waals surface area contributed by atoms with Crippen molar-refractivity contribution in [2.24, 2.45) is 0 Å². The summed E-state index contributed by atoms with van der Waals surface area (Å²) in [5, 5.41) is 3.25. The third kappa shape index (κ3) is 2.38. The Morgan fingerprint density at radius 2 is 2.42 bits per heavy atom. The highest BCUT2D eigenvalue weighted by atomic mass is 16.3. The van der Waals surface area contributed by atoms with Crippen molar-refractivity contribution >= 4 is 0 Å². The molecule has 0 fully saturated rings. The molecule has 68 valence electrons. The van der Waals surface area contributed by atoms with Crippen molar-refractivity contribution < 1.29 is 4.42 Å². The van der Waals surface area contributed by atoms with Crippen LogP contribution in [0.4, 0.5) is 0 Å². The van der Waals surface area contributed by atoms with Gasteiger partial charge in [0.25, 0.3) is 0 Å². The number of furan rings is 1. The fourth-order valence-electron chi connectivity index (χ4n) is 1.33. The van der Waals surface area contributed by atoms with Crippen LogP contribution in [0.2, 0.25) is 0 Å². The number of nitrogens with one attached hydrogen (secondary N) is 1.